The molecule has 0 spiro atoms. The number of carboxylic acid groups (broad SMARTS) is 1. The first-order valence-electron chi connectivity index (χ1n) is 4.06. The molecule has 0 saturated heterocycles. The Kier molecular flexibility index (Phi) is 3.63. The maximum atomic E-state index is 13.2. The van der Waals surface area contributed by atoms with Gasteiger partial charge in [-0.15, -0.1) is 0 Å². The fourth-order valence-electron chi connectivity index (χ4n) is 1.27. The van der Waals surface area contributed by atoms with Crippen molar-refractivity contribution in [2.45, 2.75) is 0 Å². The summed E-state index contributed by atoms with van der Waals surface area (Å²) in [5.74, 6) is -2.76. The Morgan fingerprint density at radius 1 is 1.25 bits per heavy atom. The molecule has 0 fully saturated rings. The SMILES string of the molecule is O=C(O)c1cnc2cc(F)cc(F)c2c1.[Li]. The maximum Gasteiger partial charge on any atom is 0.337 e. The summed E-state index contributed by atoms with van der Waals surface area (Å²) in [5.41, 5.74) is -0.0366. The molecular weight excluding hydrogens is 211 g/mol. The molecular formula is C10H5F2LiNO2. The van der Waals surface area contributed by atoms with Crippen LogP contribution >= 0.6 is 0 Å². The van der Waals surface area contributed by atoms with E-state index < -0.39 is 17.6 Å². The smallest absolute Gasteiger partial charge is 0.337 e. The second-order valence-electron chi connectivity index (χ2n) is 2.98. The standard InChI is InChI=1S/C10H5F2NO2.Li/c11-6-2-8(12)7-1-5(10(14)15)4-13-9(7)3-6;/h1-4H,(H,14,15);. The van der Waals surface area contributed by atoms with E-state index in [9.17, 15) is 13.6 Å². The van der Waals surface area contributed by atoms with Crippen LogP contribution < -0.4 is 0 Å². The largest absolute Gasteiger partial charge is 0.478 e. The number of rotatable bonds is 1. The van der Waals surface area contributed by atoms with Crippen LogP contribution in [0.15, 0.2) is 24.4 Å². The van der Waals surface area contributed by atoms with Crippen molar-refractivity contribution in [2.75, 3.05) is 0 Å². The van der Waals surface area contributed by atoms with Crippen LogP contribution in [0.2, 0.25) is 0 Å². The van der Waals surface area contributed by atoms with Crippen LogP contribution in [0.25, 0.3) is 10.9 Å². The summed E-state index contributed by atoms with van der Waals surface area (Å²) in [4.78, 5) is 14.2. The van der Waals surface area contributed by atoms with Crippen LogP contribution in [0.3, 0.4) is 0 Å². The van der Waals surface area contributed by atoms with Crippen molar-refractivity contribution >= 4 is 35.7 Å². The van der Waals surface area contributed by atoms with Crippen LogP contribution in [0, 0.1) is 11.6 Å². The summed E-state index contributed by atoms with van der Waals surface area (Å²) in [7, 11) is 0. The number of fused-ring (bicyclic) bond motifs is 1. The molecule has 0 bridgehead atoms. The van der Waals surface area contributed by atoms with E-state index in [0.29, 0.717) is 6.07 Å². The third-order valence-electron chi connectivity index (χ3n) is 1.96. The molecule has 1 heterocycles. The number of pyridine rings is 1. The first-order chi connectivity index (χ1) is 7.08. The van der Waals surface area contributed by atoms with E-state index in [-0.39, 0.29) is 35.3 Å². The summed E-state index contributed by atoms with van der Waals surface area (Å²) in [6.45, 7) is 0. The molecule has 0 unspecified atom stereocenters. The monoisotopic (exact) mass is 216 g/mol. The summed E-state index contributed by atoms with van der Waals surface area (Å²) in [6.07, 6.45) is 1.06. The van der Waals surface area contributed by atoms with Gasteiger partial charge in [-0.05, 0) is 6.07 Å². The van der Waals surface area contributed by atoms with Crippen molar-refractivity contribution in [1.29, 1.82) is 0 Å². The van der Waals surface area contributed by atoms with E-state index in [2.05, 4.69) is 4.98 Å². The predicted molar refractivity (Wildman–Crippen MR) is 54.4 cm³/mol. The van der Waals surface area contributed by atoms with Gasteiger partial charge in [-0.25, -0.2) is 13.6 Å². The third kappa shape index (κ3) is 2.21. The van der Waals surface area contributed by atoms with Crippen LogP contribution in [-0.4, -0.2) is 34.9 Å². The number of aromatic nitrogens is 1. The van der Waals surface area contributed by atoms with Gasteiger partial charge in [0.1, 0.15) is 11.6 Å². The average Bonchev–Trinajstić information content (AvgIpc) is 2.16. The average molecular weight is 216 g/mol. The molecule has 0 amide bonds. The van der Waals surface area contributed by atoms with Gasteiger partial charge in [0.15, 0.2) is 0 Å². The number of nitrogens with zero attached hydrogens (tertiary/aromatic N) is 1. The number of carboxylic acids is 1. The van der Waals surface area contributed by atoms with Crippen molar-refractivity contribution in [3.63, 3.8) is 0 Å². The third-order valence-corrected chi connectivity index (χ3v) is 1.96. The van der Waals surface area contributed by atoms with Gasteiger partial charge in [0, 0.05) is 42.6 Å². The molecule has 1 aromatic carbocycles. The zero-order valence-electron chi connectivity index (χ0n) is 8.37. The van der Waals surface area contributed by atoms with Gasteiger partial charge < -0.3 is 5.11 Å². The van der Waals surface area contributed by atoms with Gasteiger partial charge in [-0.3, -0.25) is 4.98 Å². The van der Waals surface area contributed by atoms with E-state index in [4.69, 9.17) is 5.11 Å². The first-order valence-corrected chi connectivity index (χ1v) is 4.06. The molecule has 0 aliphatic carbocycles. The predicted octanol–water partition coefficient (Wildman–Crippen LogP) is 1.83. The molecule has 1 radical (unpaired) electrons. The fourth-order valence-corrected chi connectivity index (χ4v) is 1.27. The molecule has 1 aromatic heterocycles. The Labute approximate surface area is 101 Å². The Bertz CT molecular complexity index is 560. The summed E-state index contributed by atoms with van der Waals surface area (Å²) in [5, 5.41) is 8.65. The van der Waals surface area contributed by atoms with Gasteiger partial charge in [-0.1, -0.05) is 0 Å². The second kappa shape index (κ2) is 4.60. The summed E-state index contributed by atoms with van der Waals surface area (Å²) >= 11 is 0. The zero-order chi connectivity index (χ0) is 11.0. The number of benzene rings is 1. The van der Waals surface area contributed by atoms with E-state index >= 15 is 0 Å². The van der Waals surface area contributed by atoms with E-state index in [0.717, 1.165) is 18.3 Å². The van der Waals surface area contributed by atoms with Crippen LogP contribution in [0.1, 0.15) is 10.4 Å². The first kappa shape index (κ1) is 12.6. The molecule has 6 heteroatoms. The van der Waals surface area contributed by atoms with Crippen LogP contribution in [-0.2, 0) is 0 Å². The van der Waals surface area contributed by atoms with Gasteiger partial charge in [0.2, 0.25) is 0 Å². The molecule has 0 aliphatic rings. The Morgan fingerprint density at radius 2 is 1.94 bits per heavy atom. The minimum atomic E-state index is -1.20. The molecule has 77 valence electrons. The van der Waals surface area contributed by atoms with Crippen LogP contribution in [0.5, 0.6) is 0 Å². The topological polar surface area (TPSA) is 50.2 Å². The van der Waals surface area contributed by atoms with Crippen molar-refractivity contribution in [3.8, 4) is 0 Å². The molecule has 0 saturated carbocycles. The van der Waals surface area contributed by atoms with Gasteiger partial charge in [-0.2, -0.15) is 0 Å². The normalized spacial score (nSPS) is 9.88. The Morgan fingerprint density at radius 3 is 2.56 bits per heavy atom. The Balaban J connectivity index is 0.00000128. The van der Waals surface area contributed by atoms with Gasteiger partial charge in [0.25, 0.3) is 0 Å². The fraction of sp³-hybridized carbons (Fsp3) is 0. The van der Waals surface area contributed by atoms with Gasteiger partial charge in [0.05, 0.1) is 11.1 Å². The van der Waals surface area contributed by atoms with E-state index in [1.165, 1.54) is 0 Å². The van der Waals surface area contributed by atoms with Gasteiger partial charge >= 0.3 is 5.97 Å². The minimum Gasteiger partial charge on any atom is -0.478 e. The van der Waals surface area contributed by atoms with Crippen molar-refractivity contribution in [2.24, 2.45) is 0 Å². The molecule has 2 aromatic rings. The number of aromatic carboxylic acids is 1. The molecule has 3 nitrogen and oxygen atoms in total. The number of hydrogen-bond donors (Lipinski definition) is 1. The number of hydrogen-bond acceptors (Lipinski definition) is 2. The zero-order valence-corrected chi connectivity index (χ0v) is 8.37. The molecule has 0 aliphatic heterocycles. The van der Waals surface area contributed by atoms with Crippen molar-refractivity contribution in [1.82, 2.24) is 4.98 Å². The number of carbonyl (C=O) groups is 1. The van der Waals surface area contributed by atoms with Crippen LogP contribution in [0.4, 0.5) is 8.78 Å². The quantitative estimate of drug-likeness (QED) is 0.739. The molecule has 16 heavy (non-hydrogen) atoms. The Hall–Kier alpha value is -1.44. The second-order valence-corrected chi connectivity index (χ2v) is 2.98. The minimum absolute atomic E-state index is 0. The maximum absolute atomic E-state index is 13.2. The summed E-state index contributed by atoms with van der Waals surface area (Å²) in [6, 6.07) is 2.86. The number of halogens is 2. The van der Waals surface area contributed by atoms with E-state index in [1.54, 1.807) is 0 Å². The van der Waals surface area contributed by atoms with E-state index in [1.807, 2.05) is 0 Å². The molecule has 1 N–H and O–H groups in total. The molecule has 2 rings (SSSR count). The molecule has 0 atom stereocenters. The van der Waals surface area contributed by atoms with Crippen molar-refractivity contribution < 1.29 is 18.7 Å². The summed E-state index contributed by atoms with van der Waals surface area (Å²) < 4.78 is 26.0. The van der Waals surface area contributed by atoms with Crippen molar-refractivity contribution in [3.05, 3.63) is 41.6 Å².